The number of ether oxygens (including phenoxy) is 1. The maximum Gasteiger partial charge on any atom is 0.233 e. The first-order valence-corrected chi connectivity index (χ1v) is 11.2. The summed E-state index contributed by atoms with van der Waals surface area (Å²) in [6.45, 7) is 0. The van der Waals surface area contributed by atoms with Crippen molar-refractivity contribution in [2.45, 2.75) is 50.0 Å². The number of piperidine rings is 2. The van der Waals surface area contributed by atoms with Crippen molar-refractivity contribution in [2.75, 3.05) is 0 Å². The van der Waals surface area contributed by atoms with Crippen LogP contribution in [0.3, 0.4) is 0 Å². The van der Waals surface area contributed by atoms with Gasteiger partial charge in [0.15, 0.2) is 11.8 Å². The lowest BCUT2D eigenvalue weighted by Gasteiger charge is -2.42. The van der Waals surface area contributed by atoms with Crippen molar-refractivity contribution in [3.63, 3.8) is 0 Å². The molecule has 0 amide bonds. The fourth-order valence-corrected chi connectivity index (χ4v) is 4.88. The highest BCUT2D eigenvalue weighted by Crippen LogP contribution is 2.34. The van der Waals surface area contributed by atoms with E-state index in [4.69, 9.17) is 4.74 Å². The number of phenolic OH excluding ortho intramolecular Hbond substituents is 1. The fraction of sp³-hybridized carbons (Fsp3) is 0.333. The molecule has 33 heavy (non-hydrogen) atoms. The molecule has 168 valence electrons. The van der Waals surface area contributed by atoms with E-state index in [-0.39, 0.29) is 11.8 Å². The second kappa shape index (κ2) is 8.08. The van der Waals surface area contributed by atoms with Crippen molar-refractivity contribution in [1.82, 2.24) is 30.1 Å². The molecule has 2 saturated heterocycles. The highest BCUT2D eigenvalue weighted by molar-refractivity contribution is 5.75. The quantitative estimate of drug-likeness (QED) is 0.495. The lowest BCUT2D eigenvalue weighted by molar-refractivity contribution is 0.00652. The average molecular weight is 446 g/mol. The number of rotatable bonds is 4. The molecule has 5 heterocycles. The van der Waals surface area contributed by atoms with E-state index < -0.39 is 12.3 Å². The first-order valence-electron chi connectivity index (χ1n) is 11.2. The van der Waals surface area contributed by atoms with Gasteiger partial charge in [0.25, 0.3) is 0 Å². The second-order valence-corrected chi connectivity index (χ2v) is 8.74. The number of benzene rings is 1. The third kappa shape index (κ3) is 3.78. The maximum absolute atomic E-state index is 14.8. The molecule has 8 nitrogen and oxygen atoms in total. The van der Waals surface area contributed by atoms with Crippen molar-refractivity contribution in [3.8, 4) is 34.0 Å². The van der Waals surface area contributed by atoms with Crippen LogP contribution in [-0.2, 0) is 0 Å². The van der Waals surface area contributed by atoms with Crippen LogP contribution in [0.15, 0.2) is 55.0 Å². The number of pyridine rings is 1. The van der Waals surface area contributed by atoms with Crippen LogP contribution >= 0.6 is 0 Å². The number of alkyl halides is 1. The first-order chi connectivity index (χ1) is 16.1. The Morgan fingerprint density at radius 3 is 2.79 bits per heavy atom. The summed E-state index contributed by atoms with van der Waals surface area (Å²) in [5.41, 5.74) is 3.56. The van der Waals surface area contributed by atoms with Gasteiger partial charge >= 0.3 is 0 Å². The summed E-state index contributed by atoms with van der Waals surface area (Å²) in [7, 11) is 0. The Hall–Kier alpha value is -3.59. The molecule has 2 aliphatic heterocycles. The van der Waals surface area contributed by atoms with E-state index in [1.165, 1.54) is 0 Å². The molecule has 2 aliphatic rings. The molecule has 2 N–H and O–H groups in total. The number of nitrogens with zero attached hydrogens (tertiary/aromatic N) is 5. The standard InChI is InChI=1S/C24H23FN6O2/c25-24-19-3-1-2-16(27-19)12-21(24)33-23-7-6-18(28-30-23)17-5-4-14(10-20(17)32)15-8-9-31-13-26-29-22(31)11-15/h4-11,13,16,19,21,24,27,32H,1-3,12H2/t16?,19?,21-,24+/m0/s1. The number of halogens is 1. The normalized spacial score (nSPS) is 24.6. The number of nitrogens with one attached hydrogen (secondary N) is 1. The molecule has 0 radical (unpaired) electrons. The van der Waals surface area contributed by atoms with Gasteiger partial charge in [-0.05, 0) is 54.3 Å². The summed E-state index contributed by atoms with van der Waals surface area (Å²) in [6, 6.07) is 12.8. The van der Waals surface area contributed by atoms with Gasteiger partial charge in [-0.25, -0.2) is 4.39 Å². The van der Waals surface area contributed by atoms with E-state index in [1.54, 1.807) is 30.6 Å². The monoisotopic (exact) mass is 446 g/mol. The summed E-state index contributed by atoms with van der Waals surface area (Å²) in [4.78, 5) is 0. The van der Waals surface area contributed by atoms with Gasteiger partial charge in [0.1, 0.15) is 18.2 Å². The minimum absolute atomic E-state index is 0.0896. The molecule has 0 aliphatic carbocycles. The molecule has 0 spiro atoms. The van der Waals surface area contributed by atoms with Crippen molar-refractivity contribution in [1.29, 1.82) is 0 Å². The van der Waals surface area contributed by atoms with Crippen molar-refractivity contribution in [3.05, 3.63) is 55.0 Å². The number of hydrogen-bond donors (Lipinski definition) is 2. The molecule has 1 aromatic carbocycles. The van der Waals surface area contributed by atoms with E-state index in [2.05, 4.69) is 25.7 Å². The van der Waals surface area contributed by atoms with Gasteiger partial charge < -0.3 is 15.2 Å². The Labute approximate surface area is 189 Å². The van der Waals surface area contributed by atoms with E-state index in [1.807, 2.05) is 28.8 Å². The predicted molar refractivity (Wildman–Crippen MR) is 120 cm³/mol. The number of hydrogen-bond acceptors (Lipinski definition) is 7. The smallest absolute Gasteiger partial charge is 0.233 e. The number of fused-ring (bicyclic) bond motifs is 3. The van der Waals surface area contributed by atoms with Crippen molar-refractivity contribution in [2.24, 2.45) is 0 Å². The highest BCUT2D eigenvalue weighted by Gasteiger charge is 2.41. The minimum atomic E-state index is -1.06. The SMILES string of the molecule is Oc1cc(-c2ccn3cnnc3c2)ccc1-c1ccc(O[C@H]2CC3CCCC(N3)[C@H]2F)nn1. The third-order valence-corrected chi connectivity index (χ3v) is 6.59. The van der Waals surface area contributed by atoms with Crippen LogP contribution in [0.4, 0.5) is 4.39 Å². The Balaban J connectivity index is 1.20. The van der Waals surface area contributed by atoms with Gasteiger partial charge in [0, 0.05) is 36.3 Å². The minimum Gasteiger partial charge on any atom is -0.507 e. The summed E-state index contributed by atoms with van der Waals surface area (Å²) in [5.74, 6) is 0.385. The highest BCUT2D eigenvalue weighted by atomic mass is 19.1. The van der Waals surface area contributed by atoms with Gasteiger partial charge in [-0.1, -0.05) is 12.5 Å². The molecule has 0 saturated carbocycles. The van der Waals surface area contributed by atoms with Crippen LogP contribution < -0.4 is 10.1 Å². The predicted octanol–water partition coefficient (Wildman–Crippen LogP) is 3.56. The van der Waals surface area contributed by atoms with E-state index in [9.17, 15) is 9.50 Å². The van der Waals surface area contributed by atoms with Gasteiger partial charge in [-0.15, -0.1) is 20.4 Å². The van der Waals surface area contributed by atoms with Gasteiger partial charge in [0.2, 0.25) is 5.88 Å². The fourth-order valence-electron chi connectivity index (χ4n) is 4.88. The zero-order chi connectivity index (χ0) is 22.4. The maximum atomic E-state index is 14.8. The Bertz CT molecular complexity index is 1290. The number of phenols is 1. The second-order valence-electron chi connectivity index (χ2n) is 8.74. The van der Waals surface area contributed by atoms with Gasteiger partial charge in [0.05, 0.1) is 5.69 Å². The van der Waals surface area contributed by atoms with E-state index >= 15 is 0 Å². The van der Waals surface area contributed by atoms with Crippen molar-refractivity contribution < 1.29 is 14.2 Å². The molecule has 9 heteroatoms. The molecule has 6 rings (SSSR count). The van der Waals surface area contributed by atoms with Crippen LogP contribution in [0.2, 0.25) is 0 Å². The molecule has 4 atom stereocenters. The summed E-state index contributed by atoms with van der Waals surface area (Å²) in [6.07, 6.45) is 5.51. The number of aromatic hydroxyl groups is 1. The zero-order valence-electron chi connectivity index (χ0n) is 17.8. The lowest BCUT2D eigenvalue weighted by atomic mass is 9.84. The van der Waals surface area contributed by atoms with Gasteiger partial charge in [-0.2, -0.15) is 0 Å². The Kier molecular flexibility index (Phi) is 4.91. The number of aromatic nitrogens is 5. The first kappa shape index (κ1) is 20.0. The summed E-state index contributed by atoms with van der Waals surface area (Å²) >= 11 is 0. The molecule has 2 unspecified atom stereocenters. The topological polar surface area (TPSA) is 97.5 Å². The Morgan fingerprint density at radius 2 is 1.94 bits per heavy atom. The van der Waals surface area contributed by atoms with E-state index in [0.717, 1.165) is 36.0 Å². The molecular formula is C24H23FN6O2. The van der Waals surface area contributed by atoms with Crippen LogP contribution in [0, 0.1) is 0 Å². The third-order valence-electron chi connectivity index (χ3n) is 6.59. The largest absolute Gasteiger partial charge is 0.507 e. The summed E-state index contributed by atoms with van der Waals surface area (Å²) < 4.78 is 22.5. The van der Waals surface area contributed by atoms with Crippen LogP contribution in [0.1, 0.15) is 25.7 Å². The lowest BCUT2D eigenvalue weighted by Crippen LogP contribution is -2.59. The Morgan fingerprint density at radius 1 is 1.03 bits per heavy atom. The summed E-state index contributed by atoms with van der Waals surface area (Å²) in [5, 5.41) is 30.3. The average Bonchev–Trinajstić information content (AvgIpc) is 3.31. The van der Waals surface area contributed by atoms with E-state index in [0.29, 0.717) is 29.6 Å². The van der Waals surface area contributed by atoms with Gasteiger partial charge in [-0.3, -0.25) is 4.40 Å². The molecule has 2 fully saturated rings. The van der Waals surface area contributed by atoms with Crippen molar-refractivity contribution >= 4 is 5.65 Å². The van der Waals surface area contributed by atoms with Crippen LogP contribution in [-0.4, -0.2) is 54.3 Å². The molecule has 3 aromatic heterocycles. The van der Waals surface area contributed by atoms with Crippen LogP contribution in [0.5, 0.6) is 11.6 Å². The molecule has 2 bridgehead atoms. The molecular weight excluding hydrogens is 423 g/mol. The molecule has 4 aromatic rings. The van der Waals surface area contributed by atoms with Crippen LogP contribution in [0.25, 0.3) is 28.0 Å². The zero-order valence-corrected chi connectivity index (χ0v) is 17.8.